The summed E-state index contributed by atoms with van der Waals surface area (Å²) in [6.07, 6.45) is 3.56. The second-order valence-electron chi connectivity index (χ2n) is 4.82. The van der Waals surface area contributed by atoms with Crippen LogP contribution in [0.1, 0.15) is 6.92 Å². The number of pyridine rings is 1. The molecule has 3 N–H and O–H groups in total. The van der Waals surface area contributed by atoms with E-state index in [9.17, 15) is 0 Å². The number of hydrogen-bond acceptors (Lipinski definition) is 6. The van der Waals surface area contributed by atoms with Gasteiger partial charge in [-0.3, -0.25) is 4.98 Å². The lowest BCUT2D eigenvalue weighted by Gasteiger charge is -2.19. The van der Waals surface area contributed by atoms with Crippen LogP contribution in [0.4, 0.5) is 10.8 Å². The smallest absolute Gasteiger partial charge is 0.147 e. The molecule has 0 fully saturated rings. The number of nitrogen functional groups attached to an aromatic ring is 1. The molecule has 1 unspecified atom stereocenters. The van der Waals surface area contributed by atoms with Crippen molar-refractivity contribution in [2.45, 2.75) is 13.0 Å². The number of likely N-dealkylation sites (N-methyl/N-ethyl adjacent to an activating group) is 1. The number of hydrogen-bond donors (Lipinski definition) is 2. The standard InChI is InChI=1S/C13H19N5S/c1-9(8-18(2)3)16-13-11(12(14)17-19-13)10-5-4-6-15-7-10/h4-7,9,16H,8H2,1-3H3,(H2,14,17). The molecule has 0 spiro atoms. The molecule has 0 aliphatic heterocycles. The third-order valence-corrected chi connectivity index (χ3v) is 3.48. The molecular formula is C13H19N5S. The van der Waals surface area contributed by atoms with E-state index in [1.54, 1.807) is 6.20 Å². The zero-order chi connectivity index (χ0) is 13.8. The molecule has 0 radical (unpaired) electrons. The number of anilines is 2. The number of nitrogens with two attached hydrogens (primary N) is 1. The largest absolute Gasteiger partial charge is 0.382 e. The predicted molar refractivity (Wildman–Crippen MR) is 81.4 cm³/mol. The van der Waals surface area contributed by atoms with Gasteiger partial charge in [-0.25, -0.2) is 0 Å². The summed E-state index contributed by atoms with van der Waals surface area (Å²) in [7, 11) is 4.11. The second kappa shape index (κ2) is 5.99. The third-order valence-electron chi connectivity index (χ3n) is 2.69. The Balaban J connectivity index is 2.23. The van der Waals surface area contributed by atoms with Crippen molar-refractivity contribution >= 4 is 22.4 Å². The van der Waals surface area contributed by atoms with Crippen LogP contribution < -0.4 is 11.1 Å². The first kappa shape index (κ1) is 13.8. The molecule has 0 bridgehead atoms. The molecule has 2 heterocycles. The normalized spacial score (nSPS) is 12.6. The Morgan fingerprint density at radius 2 is 2.26 bits per heavy atom. The number of rotatable bonds is 5. The molecule has 1 atom stereocenters. The highest BCUT2D eigenvalue weighted by atomic mass is 32.1. The summed E-state index contributed by atoms with van der Waals surface area (Å²) in [5, 5.41) is 4.47. The van der Waals surface area contributed by atoms with Crippen molar-refractivity contribution in [3.8, 4) is 11.1 Å². The lowest BCUT2D eigenvalue weighted by atomic mass is 10.1. The van der Waals surface area contributed by atoms with Gasteiger partial charge in [0.05, 0.1) is 5.56 Å². The van der Waals surface area contributed by atoms with Gasteiger partial charge in [0, 0.05) is 30.5 Å². The van der Waals surface area contributed by atoms with Crippen LogP contribution >= 0.6 is 11.5 Å². The molecule has 102 valence electrons. The summed E-state index contributed by atoms with van der Waals surface area (Å²) in [5.74, 6) is 0.553. The Morgan fingerprint density at radius 3 is 2.89 bits per heavy atom. The zero-order valence-corrected chi connectivity index (χ0v) is 12.2. The van der Waals surface area contributed by atoms with Gasteiger partial charge in [0.1, 0.15) is 10.8 Å². The summed E-state index contributed by atoms with van der Waals surface area (Å²) < 4.78 is 4.24. The van der Waals surface area contributed by atoms with Gasteiger partial charge in [0.25, 0.3) is 0 Å². The molecular weight excluding hydrogens is 258 g/mol. The highest BCUT2D eigenvalue weighted by Crippen LogP contribution is 2.36. The van der Waals surface area contributed by atoms with Gasteiger partial charge in [-0.1, -0.05) is 6.07 Å². The van der Waals surface area contributed by atoms with E-state index < -0.39 is 0 Å². The molecule has 2 rings (SSSR count). The number of nitrogens with zero attached hydrogens (tertiary/aromatic N) is 3. The van der Waals surface area contributed by atoms with Crippen molar-refractivity contribution in [3.05, 3.63) is 24.5 Å². The first-order valence-corrected chi connectivity index (χ1v) is 6.92. The molecule has 0 saturated heterocycles. The topological polar surface area (TPSA) is 67.1 Å². The van der Waals surface area contributed by atoms with E-state index >= 15 is 0 Å². The molecule has 0 amide bonds. The van der Waals surface area contributed by atoms with Crippen LogP contribution in [-0.2, 0) is 0 Å². The van der Waals surface area contributed by atoms with Crippen LogP contribution in [0.25, 0.3) is 11.1 Å². The van der Waals surface area contributed by atoms with E-state index in [-0.39, 0.29) is 0 Å². The minimum absolute atomic E-state index is 0.324. The molecule has 0 aliphatic rings. The van der Waals surface area contributed by atoms with Crippen molar-refractivity contribution in [1.82, 2.24) is 14.3 Å². The SMILES string of the molecule is CC(CN(C)C)Nc1snc(N)c1-c1cccnc1. The maximum absolute atomic E-state index is 5.97. The fourth-order valence-electron chi connectivity index (χ4n) is 2.01. The van der Waals surface area contributed by atoms with Crippen molar-refractivity contribution in [2.24, 2.45) is 0 Å². The van der Waals surface area contributed by atoms with Crippen molar-refractivity contribution in [2.75, 3.05) is 31.7 Å². The van der Waals surface area contributed by atoms with Crippen LogP contribution in [0.15, 0.2) is 24.5 Å². The van der Waals surface area contributed by atoms with Gasteiger partial charge in [0.15, 0.2) is 0 Å². The van der Waals surface area contributed by atoms with E-state index in [2.05, 4.69) is 40.6 Å². The van der Waals surface area contributed by atoms with Gasteiger partial charge < -0.3 is 16.0 Å². The molecule has 0 aliphatic carbocycles. The summed E-state index contributed by atoms with van der Waals surface area (Å²) in [6.45, 7) is 3.09. The van der Waals surface area contributed by atoms with E-state index in [1.165, 1.54) is 11.5 Å². The van der Waals surface area contributed by atoms with E-state index in [0.29, 0.717) is 11.9 Å². The lowest BCUT2D eigenvalue weighted by molar-refractivity contribution is 0.392. The van der Waals surface area contributed by atoms with Gasteiger partial charge in [-0.2, -0.15) is 4.37 Å². The summed E-state index contributed by atoms with van der Waals surface area (Å²) in [6, 6.07) is 4.22. The molecule has 5 nitrogen and oxygen atoms in total. The molecule has 0 aromatic carbocycles. The number of aromatic nitrogens is 2. The fraction of sp³-hybridized carbons (Fsp3) is 0.385. The molecule has 19 heavy (non-hydrogen) atoms. The van der Waals surface area contributed by atoms with Crippen molar-refractivity contribution < 1.29 is 0 Å². The summed E-state index contributed by atoms with van der Waals surface area (Å²) >= 11 is 1.39. The van der Waals surface area contributed by atoms with Gasteiger partial charge >= 0.3 is 0 Å². The lowest BCUT2D eigenvalue weighted by Crippen LogP contribution is -2.29. The second-order valence-corrected chi connectivity index (χ2v) is 5.59. The summed E-state index contributed by atoms with van der Waals surface area (Å²) in [5.41, 5.74) is 7.91. The van der Waals surface area contributed by atoms with Crippen LogP contribution in [0, 0.1) is 0 Å². The number of nitrogens with one attached hydrogen (secondary N) is 1. The van der Waals surface area contributed by atoms with E-state index in [4.69, 9.17) is 5.73 Å². The average molecular weight is 277 g/mol. The quantitative estimate of drug-likeness (QED) is 0.876. The average Bonchev–Trinajstić information content (AvgIpc) is 2.70. The van der Waals surface area contributed by atoms with Crippen molar-refractivity contribution in [1.29, 1.82) is 0 Å². The third kappa shape index (κ3) is 3.42. The Labute approximate surface area is 117 Å². The highest BCUT2D eigenvalue weighted by molar-refractivity contribution is 7.11. The molecule has 2 aromatic heterocycles. The molecule has 2 aromatic rings. The maximum atomic E-state index is 5.97. The maximum Gasteiger partial charge on any atom is 0.147 e. The van der Waals surface area contributed by atoms with Crippen molar-refractivity contribution in [3.63, 3.8) is 0 Å². The monoisotopic (exact) mass is 277 g/mol. The first-order valence-electron chi connectivity index (χ1n) is 6.14. The Bertz CT molecular complexity index is 523. The van der Waals surface area contributed by atoms with Crippen LogP contribution in [-0.4, -0.2) is 40.9 Å². The Morgan fingerprint density at radius 1 is 1.47 bits per heavy atom. The predicted octanol–water partition coefficient (Wildman–Crippen LogP) is 2.15. The Hall–Kier alpha value is -1.66. The Kier molecular flexibility index (Phi) is 4.34. The minimum atomic E-state index is 0.324. The van der Waals surface area contributed by atoms with Crippen LogP contribution in [0.3, 0.4) is 0 Å². The molecule has 6 heteroatoms. The van der Waals surface area contributed by atoms with Crippen LogP contribution in [0.5, 0.6) is 0 Å². The zero-order valence-electron chi connectivity index (χ0n) is 11.4. The van der Waals surface area contributed by atoms with E-state index in [1.807, 2.05) is 18.3 Å². The van der Waals surface area contributed by atoms with Gasteiger partial charge in [-0.05, 0) is 38.6 Å². The fourth-order valence-corrected chi connectivity index (χ4v) is 2.86. The van der Waals surface area contributed by atoms with Gasteiger partial charge in [-0.15, -0.1) is 0 Å². The summed E-state index contributed by atoms with van der Waals surface area (Å²) in [4.78, 5) is 6.28. The highest BCUT2D eigenvalue weighted by Gasteiger charge is 2.15. The van der Waals surface area contributed by atoms with Gasteiger partial charge in [0.2, 0.25) is 0 Å². The van der Waals surface area contributed by atoms with Crippen LogP contribution in [0.2, 0.25) is 0 Å². The van der Waals surface area contributed by atoms with E-state index in [0.717, 1.165) is 22.7 Å². The molecule has 0 saturated carbocycles. The minimum Gasteiger partial charge on any atom is -0.382 e. The first-order chi connectivity index (χ1) is 9.08.